The summed E-state index contributed by atoms with van der Waals surface area (Å²) in [6, 6.07) is 6.38. The summed E-state index contributed by atoms with van der Waals surface area (Å²) in [4.78, 5) is 1.29. The zero-order valence-electron chi connectivity index (χ0n) is 11.3. The van der Waals surface area contributed by atoms with Gasteiger partial charge in [0.1, 0.15) is 0 Å². The number of aliphatic hydroxyl groups is 1. The Morgan fingerprint density at radius 2 is 2.06 bits per heavy atom. The van der Waals surface area contributed by atoms with Gasteiger partial charge in [-0.3, -0.25) is 0 Å². The fraction of sp³-hybridized carbons (Fsp3) is 0.571. The van der Waals surface area contributed by atoms with Gasteiger partial charge in [-0.2, -0.15) is 0 Å². The van der Waals surface area contributed by atoms with Crippen LogP contribution in [0.4, 0.5) is 0 Å². The number of nitrogens with one attached hydrogen (secondary N) is 1. The topological polar surface area (TPSA) is 32.3 Å². The number of rotatable bonds is 6. The Morgan fingerprint density at radius 3 is 2.67 bits per heavy atom. The summed E-state index contributed by atoms with van der Waals surface area (Å²) in [5.74, 6) is 0.959. The Bertz CT molecular complexity index is 377. The molecule has 0 aliphatic rings. The maximum absolute atomic E-state index is 8.83. The molecule has 0 bridgehead atoms. The third-order valence-electron chi connectivity index (χ3n) is 2.39. The molecule has 0 saturated heterocycles. The molecule has 1 rings (SSSR count). The Labute approximate surface area is 123 Å². The Hall–Kier alpha value is -0.0300. The van der Waals surface area contributed by atoms with Crippen LogP contribution in [-0.2, 0) is 6.54 Å². The van der Waals surface area contributed by atoms with Crippen LogP contribution in [0.3, 0.4) is 0 Å². The van der Waals surface area contributed by atoms with Crippen LogP contribution in [0.2, 0.25) is 0 Å². The minimum absolute atomic E-state index is 0.120. The van der Waals surface area contributed by atoms with Crippen LogP contribution in [0.15, 0.2) is 27.6 Å². The first-order valence-corrected chi connectivity index (χ1v) is 7.97. The molecule has 0 fully saturated rings. The highest BCUT2D eigenvalue weighted by atomic mass is 79.9. The molecule has 0 unspecified atom stereocenters. The van der Waals surface area contributed by atoms with Crippen LogP contribution < -0.4 is 5.32 Å². The van der Waals surface area contributed by atoms with Crippen molar-refractivity contribution < 1.29 is 5.11 Å². The van der Waals surface area contributed by atoms with Crippen molar-refractivity contribution in [3.05, 3.63) is 28.2 Å². The van der Waals surface area contributed by atoms with Crippen molar-refractivity contribution in [3.63, 3.8) is 0 Å². The van der Waals surface area contributed by atoms with E-state index in [0.717, 1.165) is 23.2 Å². The van der Waals surface area contributed by atoms with E-state index < -0.39 is 0 Å². The van der Waals surface area contributed by atoms with E-state index >= 15 is 0 Å². The number of hydrogen-bond acceptors (Lipinski definition) is 3. The zero-order chi connectivity index (χ0) is 13.6. The van der Waals surface area contributed by atoms with Crippen molar-refractivity contribution in [2.24, 2.45) is 0 Å². The van der Waals surface area contributed by atoms with E-state index in [4.69, 9.17) is 5.11 Å². The van der Waals surface area contributed by atoms with Crippen molar-refractivity contribution in [3.8, 4) is 0 Å². The van der Waals surface area contributed by atoms with E-state index in [9.17, 15) is 0 Å². The van der Waals surface area contributed by atoms with Gasteiger partial charge in [-0.15, -0.1) is 11.8 Å². The van der Waals surface area contributed by atoms with Gasteiger partial charge in [0.15, 0.2) is 0 Å². The number of aliphatic hydroxyl groups excluding tert-OH is 1. The Kier molecular flexibility index (Phi) is 6.71. The molecule has 0 spiro atoms. The van der Waals surface area contributed by atoms with Gasteiger partial charge in [-0.1, -0.05) is 15.9 Å². The highest BCUT2D eigenvalue weighted by Crippen LogP contribution is 2.26. The molecule has 0 atom stereocenters. The van der Waals surface area contributed by atoms with E-state index in [1.807, 2.05) is 11.8 Å². The lowest BCUT2D eigenvalue weighted by Gasteiger charge is -2.21. The highest BCUT2D eigenvalue weighted by molar-refractivity contribution is 9.10. The van der Waals surface area contributed by atoms with Gasteiger partial charge in [0.05, 0.1) is 0 Å². The van der Waals surface area contributed by atoms with E-state index in [-0.39, 0.29) is 12.1 Å². The van der Waals surface area contributed by atoms with Crippen LogP contribution >= 0.6 is 27.7 Å². The third kappa shape index (κ3) is 6.23. The van der Waals surface area contributed by atoms with Gasteiger partial charge in [-0.25, -0.2) is 0 Å². The first-order chi connectivity index (χ1) is 8.42. The molecule has 0 heterocycles. The molecule has 0 radical (unpaired) electrons. The highest BCUT2D eigenvalue weighted by Gasteiger charge is 2.11. The van der Waals surface area contributed by atoms with Crippen LogP contribution in [0.5, 0.6) is 0 Å². The number of benzene rings is 1. The van der Waals surface area contributed by atoms with E-state index in [1.54, 1.807) is 0 Å². The molecule has 0 aliphatic heterocycles. The van der Waals surface area contributed by atoms with Crippen molar-refractivity contribution in [2.45, 2.75) is 44.2 Å². The molecular formula is C14H22BrNOS. The molecular weight excluding hydrogens is 310 g/mol. The molecule has 0 aliphatic carbocycles. The van der Waals surface area contributed by atoms with Gasteiger partial charge in [0, 0.05) is 33.8 Å². The third-order valence-corrected chi connectivity index (χ3v) is 4.09. The van der Waals surface area contributed by atoms with Crippen molar-refractivity contribution >= 4 is 27.7 Å². The first-order valence-electron chi connectivity index (χ1n) is 6.19. The summed E-state index contributed by atoms with van der Waals surface area (Å²) < 4.78 is 1.11. The molecule has 1 aromatic carbocycles. The van der Waals surface area contributed by atoms with Crippen LogP contribution in [0.25, 0.3) is 0 Å². The molecule has 102 valence electrons. The second-order valence-corrected chi connectivity index (χ2v) is 7.33. The van der Waals surface area contributed by atoms with Crippen LogP contribution in [0, 0.1) is 0 Å². The fourth-order valence-electron chi connectivity index (χ4n) is 1.43. The first kappa shape index (κ1) is 16.0. The molecule has 0 amide bonds. The molecule has 18 heavy (non-hydrogen) atoms. The molecule has 2 N–H and O–H groups in total. The monoisotopic (exact) mass is 331 g/mol. The smallest absolute Gasteiger partial charge is 0.0439 e. The van der Waals surface area contributed by atoms with Gasteiger partial charge < -0.3 is 10.4 Å². The summed E-state index contributed by atoms with van der Waals surface area (Å²) in [5, 5.41) is 12.3. The average molecular weight is 332 g/mol. The summed E-state index contributed by atoms with van der Waals surface area (Å²) in [5.41, 5.74) is 1.43. The maximum atomic E-state index is 8.83. The lowest BCUT2D eigenvalue weighted by Crippen LogP contribution is -2.35. The van der Waals surface area contributed by atoms with E-state index in [2.05, 4.69) is 60.2 Å². The van der Waals surface area contributed by atoms with Gasteiger partial charge in [0.2, 0.25) is 0 Å². The Balaban J connectivity index is 2.70. The number of halogens is 1. The number of thioether (sulfide) groups is 1. The minimum Gasteiger partial charge on any atom is -0.396 e. The van der Waals surface area contributed by atoms with Gasteiger partial charge >= 0.3 is 0 Å². The van der Waals surface area contributed by atoms with Crippen LogP contribution in [0.1, 0.15) is 32.8 Å². The lowest BCUT2D eigenvalue weighted by atomic mass is 10.1. The van der Waals surface area contributed by atoms with Crippen molar-refractivity contribution in [1.82, 2.24) is 5.32 Å². The predicted molar refractivity (Wildman–Crippen MR) is 83.2 cm³/mol. The SMILES string of the molecule is CC(C)(C)NCc1cc(Br)ccc1SCCCO. The van der Waals surface area contributed by atoms with E-state index in [1.165, 1.54) is 10.5 Å². The second-order valence-electron chi connectivity index (χ2n) is 5.28. The molecule has 0 aromatic heterocycles. The maximum Gasteiger partial charge on any atom is 0.0439 e. The standard InChI is InChI=1S/C14H22BrNOS/c1-14(2,3)16-10-11-9-12(15)5-6-13(11)18-8-4-7-17/h5-6,9,16-17H,4,7-8,10H2,1-3H3. The molecule has 0 saturated carbocycles. The van der Waals surface area contributed by atoms with Crippen LogP contribution in [-0.4, -0.2) is 23.0 Å². The van der Waals surface area contributed by atoms with Gasteiger partial charge in [-0.05, 0) is 51.0 Å². The van der Waals surface area contributed by atoms with E-state index in [0.29, 0.717) is 0 Å². The average Bonchev–Trinajstić information content (AvgIpc) is 2.28. The molecule has 4 heteroatoms. The zero-order valence-corrected chi connectivity index (χ0v) is 13.7. The molecule has 2 nitrogen and oxygen atoms in total. The Morgan fingerprint density at radius 1 is 1.33 bits per heavy atom. The predicted octanol–water partition coefficient (Wildman–Crippen LogP) is 3.81. The van der Waals surface area contributed by atoms with Gasteiger partial charge in [0.25, 0.3) is 0 Å². The van der Waals surface area contributed by atoms with Crippen molar-refractivity contribution in [2.75, 3.05) is 12.4 Å². The molecule has 1 aromatic rings. The lowest BCUT2D eigenvalue weighted by molar-refractivity contribution is 0.296. The number of hydrogen-bond donors (Lipinski definition) is 2. The summed E-state index contributed by atoms with van der Waals surface area (Å²) in [6.07, 6.45) is 0.840. The van der Waals surface area contributed by atoms with Crippen molar-refractivity contribution in [1.29, 1.82) is 0 Å². The largest absolute Gasteiger partial charge is 0.396 e. The quantitative estimate of drug-likeness (QED) is 0.614. The summed E-state index contributed by atoms with van der Waals surface area (Å²) in [6.45, 7) is 7.64. The fourth-order valence-corrected chi connectivity index (χ4v) is 2.82. The summed E-state index contributed by atoms with van der Waals surface area (Å²) in [7, 11) is 0. The second kappa shape index (κ2) is 7.53. The summed E-state index contributed by atoms with van der Waals surface area (Å²) >= 11 is 5.33. The minimum atomic E-state index is 0.120. The normalized spacial score (nSPS) is 11.8.